The molecule has 0 fully saturated rings. The van der Waals surface area contributed by atoms with E-state index in [-0.39, 0.29) is 18.0 Å². The number of carbonyl (C=O) groups excluding carboxylic acids is 2. The van der Waals surface area contributed by atoms with E-state index in [0.717, 1.165) is 5.56 Å². The summed E-state index contributed by atoms with van der Waals surface area (Å²) < 4.78 is 9.99. The minimum Gasteiger partial charge on any atom is -0.466 e. The van der Waals surface area contributed by atoms with Crippen LogP contribution in [0, 0.1) is 0 Å². The Bertz CT molecular complexity index is 677. The Morgan fingerprint density at radius 3 is 2.39 bits per heavy atom. The summed E-state index contributed by atoms with van der Waals surface area (Å²) in [6, 6.07) is 9.19. The molecular formula is C17H20N2O4. The normalized spacial score (nSPS) is 17.6. The smallest absolute Gasteiger partial charge is 0.338 e. The third kappa shape index (κ3) is 3.21. The Labute approximate surface area is 135 Å². The molecule has 1 aliphatic rings. The van der Waals surface area contributed by atoms with Gasteiger partial charge in [-0.3, -0.25) is 0 Å². The third-order valence-electron chi connectivity index (χ3n) is 3.63. The molecule has 0 aromatic heterocycles. The molecule has 1 aliphatic heterocycles. The van der Waals surface area contributed by atoms with Gasteiger partial charge in [-0.2, -0.15) is 0 Å². The van der Waals surface area contributed by atoms with Crippen LogP contribution in [0.4, 0.5) is 0 Å². The average molecular weight is 316 g/mol. The maximum absolute atomic E-state index is 12.4. The molecule has 122 valence electrons. The lowest BCUT2D eigenvalue weighted by molar-refractivity contribution is -0.139. The largest absolute Gasteiger partial charge is 0.466 e. The van der Waals surface area contributed by atoms with Crippen molar-refractivity contribution in [2.45, 2.75) is 19.8 Å². The van der Waals surface area contributed by atoms with Crippen LogP contribution in [0.5, 0.6) is 0 Å². The minimum absolute atomic E-state index is 0.183. The molecule has 1 heterocycles. The fourth-order valence-electron chi connectivity index (χ4n) is 2.65. The number of hydrogen-bond acceptors (Lipinski definition) is 6. The van der Waals surface area contributed by atoms with Crippen molar-refractivity contribution in [3.63, 3.8) is 0 Å². The fraction of sp³-hybridized carbons (Fsp3) is 0.294. The second-order valence-electron chi connectivity index (χ2n) is 5.05. The molecular weight excluding hydrogens is 296 g/mol. The number of nitrogens with two attached hydrogens (primary N) is 1. The number of ether oxygens (including phenoxy) is 2. The quantitative estimate of drug-likeness (QED) is 0.819. The minimum atomic E-state index is -0.635. The first-order chi connectivity index (χ1) is 11.0. The standard InChI is InChI=1S/C17H20N2O4/c1-4-23-17(21)14-13(11-8-6-5-7-9-11)12(16(20)22-3)10(2)19-15(14)18/h5-9,13,19H,4,18H2,1-3H3. The van der Waals surface area contributed by atoms with Gasteiger partial charge in [0, 0.05) is 5.70 Å². The van der Waals surface area contributed by atoms with Gasteiger partial charge in [0.2, 0.25) is 0 Å². The summed E-state index contributed by atoms with van der Waals surface area (Å²) in [5.74, 6) is -1.52. The molecule has 6 nitrogen and oxygen atoms in total. The van der Waals surface area contributed by atoms with Crippen molar-refractivity contribution >= 4 is 11.9 Å². The van der Waals surface area contributed by atoms with Gasteiger partial charge in [0.25, 0.3) is 0 Å². The Balaban J connectivity index is 2.62. The first-order valence-corrected chi connectivity index (χ1v) is 7.29. The van der Waals surface area contributed by atoms with E-state index >= 15 is 0 Å². The van der Waals surface area contributed by atoms with Crippen molar-refractivity contribution in [1.82, 2.24) is 5.32 Å². The van der Waals surface area contributed by atoms with Gasteiger partial charge in [-0.05, 0) is 19.4 Å². The number of esters is 2. The van der Waals surface area contributed by atoms with Gasteiger partial charge in [0.05, 0.1) is 30.8 Å². The molecule has 0 amide bonds. The van der Waals surface area contributed by atoms with Gasteiger partial charge >= 0.3 is 11.9 Å². The number of nitrogens with one attached hydrogen (secondary N) is 1. The Morgan fingerprint density at radius 1 is 1.17 bits per heavy atom. The molecule has 0 saturated heterocycles. The lowest BCUT2D eigenvalue weighted by Crippen LogP contribution is -2.36. The number of dihydropyridines is 1. The SMILES string of the molecule is CCOC(=O)C1=C(N)NC(C)=C(C(=O)OC)C1c1ccccc1. The molecule has 0 bridgehead atoms. The first kappa shape index (κ1) is 16.6. The van der Waals surface area contributed by atoms with E-state index in [0.29, 0.717) is 11.3 Å². The second kappa shape index (κ2) is 7.00. The van der Waals surface area contributed by atoms with Crippen LogP contribution in [0.3, 0.4) is 0 Å². The first-order valence-electron chi connectivity index (χ1n) is 7.29. The number of rotatable bonds is 4. The van der Waals surface area contributed by atoms with Gasteiger partial charge in [0.1, 0.15) is 5.82 Å². The fourth-order valence-corrected chi connectivity index (χ4v) is 2.65. The van der Waals surface area contributed by atoms with Crippen molar-refractivity contribution in [3.05, 3.63) is 58.6 Å². The van der Waals surface area contributed by atoms with Crippen molar-refractivity contribution < 1.29 is 19.1 Å². The average Bonchev–Trinajstić information content (AvgIpc) is 2.54. The molecule has 0 saturated carbocycles. The van der Waals surface area contributed by atoms with Crippen molar-refractivity contribution in [2.75, 3.05) is 13.7 Å². The number of allylic oxidation sites excluding steroid dienone is 1. The van der Waals surface area contributed by atoms with Crippen LogP contribution in [-0.2, 0) is 19.1 Å². The molecule has 2 rings (SSSR count). The zero-order valence-corrected chi connectivity index (χ0v) is 13.4. The summed E-state index contributed by atoms with van der Waals surface area (Å²) in [6.45, 7) is 3.65. The Morgan fingerprint density at radius 2 is 1.83 bits per heavy atom. The van der Waals surface area contributed by atoms with E-state index in [1.165, 1.54) is 7.11 Å². The van der Waals surface area contributed by atoms with E-state index in [1.807, 2.05) is 30.3 Å². The molecule has 1 aromatic rings. The number of benzene rings is 1. The summed E-state index contributed by atoms with van der Waals surface area (Å²) in [6.07, 6.45) is 0. The van der Waals surface area contributed by atoms with Crippen LogP contribution in [0.2, 0.25) is 0 Å². The molecule has 6 heteroatoms. The van der Waals surface area contributed by atoms with Gasteiger partial charge in [-0.1, -0.05) is 30.3 Å². The van der Waals surface area contributed by atoms with Crippen molar-refractivity contribution in [3.8, 4) is 0 Å². The van der Waals surface area contributed by atoms with Gasteiger partial charge in [-0.15, -0.1) is 0 Å². The lowest BCUT2D eigenvalue weighted by Gasteiger charge is -2.29. The summed E-state index contributed by atoms with van der Waals surface area (Å²) >= 11 is 0. The van der Waals surface area contributed by atoms with Crippen LogP contribution in [-0.4, -0.2) is 25.7 Å². The van der Waals surface area contributed by atoms with Crippen LogP contribution < -0.4 is 11.1 Å². The van der Waals surface area contributed by atoms with E-state index in [2.05, 4.69) is 5.32 Å². The van der Waals surface area contributed by atoms with E-state index < -0.39 is 17.9 Å². The zero-order valence-electron chi connectivity index (χ0n) is 13.4. The molecule has 0 spiro atoms. The maximum Gasteiger partial charge on any atom is 0.338 e. The number of carbonyl (C=O) groups is 2. The summed E-state index contributed by atoms with van der Waals surface area (Å²) in [4.78, 5) is 24.6. The highest BCUT2D eigenvalue weighted by molar-refractivity contribution is 5.99. The molecule has 1 atom stereocenters. The number of hydrogen-bond donors (Lipinski definition) is 2. The molecule has 0 aliphatic carbocycles. The van der Waals surface area contributed by atoms with Gasteiger partial charge in [0.15, 0.2) is 0 Å². The third-order valence-corrected chi connectivity index (χ3v) is 3.63. The molecule has 1 unspecified atom stereocenters. The van der Waals surface area contributed by atoms with E-state index in [4.69, 9.17) is 15.2 Å². The van der Waals surface area contributed by atoms with Crippen LogP contribution in [0.1, 0.15) is 25.3 Å². The summed E-state index contributed by atoms with van der Waals surface area (Å²) in [7, 11) is 1.30. The lowest BCUT2D eigenvalue weighted by atomic mass is 9.81. The molecule has 1 aromatic carbocycles. The summed E-state index contributed by atoms with van der Waals surface area (Å²) in [5.41, 5.74) is 7.88. The zero-order chi connectivity index (χ0) is 17.0. The molecule has 23 heavy (non-hydrogen) atoms. The molecule has 0 radical (unpaired) electrons. The summed E-state index contributed by atoms with van der Waals surface area (Å²) in [5, 5.41) is 2.87. The van der Waals surface area contributed by atoms with E-state index in [1.54, 1.807) is 13.8 Å². The highest BCUT2D eigenvalue weighted by atomic mass is 16.5. The monoisotopic (exact) mass is 316 g/mol. The maximum atomic E-state index is 12.4. The van der Waals surface area contributed by atoms with Crippen LogP contribution >= 0.6 is 0 Å². The predicted molar refractivity (Wildman–Crippen MR) is 84.9 cm³/mol. The van der Waals surface area contributed by atoms with Gasteiger partial charge < -0.3 is 20.5 Å². The number of methoxy groups -OCH3 is 1. The molecule has 3 N–H and O–H groups in total. The Hall–Kier alpha value is -2.76. The van der Waals surface area contributed by atoms with Crippen LogP contribution in [0.25, 0.3) is 0 Å². The highest BCUT2D eigenvalue weighted by Gasteiger charge is 2.38. The Kier molecular flexibility index (Phi) is 5.05. The predicted octanol–water partition coefficient (Wildman–Crippen LogP) is 1.55. The van der Waals surface area contributed by atoms with Gasteiger partial charge in [-0.25, -0.2) is 9.59 Å². The van der Waals surface area contributed by atoms with E-state index in [9.17, 15) is 9.59 Å². The second-order valence-corrected chi connectivity index (χ2v) is 5.05. The van der Waals surface area contributed by atoms with Crippen molar-refractivity contribution in [2.24, 2.45) is 5.73 Å². The topological polar surface area (TPSA) is 90.6 Å². The highest BCUT2D eigenvalue weighted by Crippen LogP contribution is 2.38. The van der Waals surface area contributed by atoms with Crippen molar-refractivity contribution in [1.29, 1.82) is 0 Å². The van der Waals surface area contributed by atoms with Crippen LogP contribution in [0.15, 0.2) is 53.0 Å².